The fourth-order valence-corrected chi connectivity index (χ4v) is 2.26. The second kappa shape index (κ2) is 3.51. The molecule has 0 aliphatic carbocycles. The van der Waals surface area contributed by atoms with Crippen molar-refractivity contribution in [2.45, 2.75) is 25.0 Å². The van der Waals surface area contributed by atoms with Gasteiger partial charge in [-0.3, -0.25) is 9.69 Å². The molecule has 0 amide bonds. The van der Waals surface area contributed by atoms with Crippen LogP contribution in [0.5, 0.6) is 0 Å². The number of hydrogen-bond acceptors (Lipinski definition) is 4. The molecule has 2 aliphatic heterocycles. The van der Waals surface area contributed by atoms with Crippen LogP contribution in [0.3, 0.4) is 0 Å². The zero-order chi connectivity index (χ0) is 10.2. The molecule has 0 aromatic carbocycles. The molecule has 0 aromatic rings. The molecule has 80 valence electrons. The van der Waals surface area contributed by atoms with Crippen LogP contribution in [0.15, 0.2) is 0 Å². The number of likely N-dealkylation sites (tertiary alicyclic amines) is 1. The number of carbonyl (C=O) groups excluding carboxylic acids is 1. The van der Waals surface area contributed by atoms with Gasteiger partial charge in [0.15, 0.2) is 5.72 Å². The van der Waals surface area contributed by atoms with Crippen molar-refractivity contribution in [3.05, 3.63) is 0 Å². The lowest BCUT2D eigenvalue weighted by molar-refractivity contribution is -0.207. The van der Waals surface area contributed by atoms with E-state index in [0.717, 1.165) is 32.5 Å². The molecule has 2 rings (SSSR count). The summed E-state index contributed by atoms with van der Waals surface area (Å²) in [6, 6.07) is 0. The molecule has 14 heavy (non-hydrogen) atoms. The van der Waals surface area contributed by atoms with E-state index in [2.05, 4.69) is 23.9 Å². The standard InChI is InChI=1S/C10H18N2O2/c1-11-7-4-10(5-8-11)12(2)6-3-9(13)14-10/h3-8H2,1-2H3. The van der Waals surface area contributed by atoms with Gasteiger partial charge in [0.05, 0.1) is 6.42 Å². The Balaban J connectivity index is 2.08. The van der Waals surface area contributed by atoms with Gasteiger partial charge in [0.2, 0.25) is 0 Å². The van der Waals surface area contributed by atoms with Crippen LogP contribution in [0.4, 0.5) is 0 Å². The first kappa shape index (κ1) is 9.93. The Kier molecular flexibility index (Phi) is 2.49. The van der Waals surface area contributed by atoms with Crippen LogP contribution >= 0.6 is 0 Å². The van der Waals surface area contributed by atoms with Gasteiger partial charge in [-0.05, 0) is 14.1 Å². The highest BCUT2D eigenvalue weighted by Gasteiger charge is 2.43. The predicted octanol–water partition coefficient (Wildman–Crippen LogP) is 0.287. The minimum atomic E-state index is -0.290. The quantitative estimate of drug-likeness (QED) is 0.524. The van der Waals surface area contributed by atoms with E-state index in [1.807, 2.05) is 0 Å². The van der Waals surface area contributed by atoms with E-state index in [0.29, 0.717) is 6.42 Å². The van der Waals surface area contributed by atoms with Crippen LogP contribution in [-0.4, -0.2) is 55.2 Å². The van der Waals surface area contributed by atoms with Crippen molar-refractivity contribution in [3.63, 3.8) is 0 Å². The number of esters is 1. The predicted molar refractivity (Wildman–Crippen MR) is 52.8 cm³/mol. The minimum absolute atomic E-state index is 0.0346. The average molecular weight is 198 g/mol. The summed E-state index contributed by atoms with van der Waals surface area (Å²) in [6.07, 6.45) is 2.41. The Morgan fingerprint density at radius 1 is 1.21 bits per heavy atom. The van der Waals surface area contributed by atoms with Crippen LogP contribution in [0.1, 0.15) is 19.3 Å². The summed E-state index contributed by atoms with van der Waals surface area (Å²) in [4.78, 5) is 15.8. The van der Waals surface area contributed by atoms with Crippen molar-refractivity contribution in [1.29, 1.82) is 0 Å². The molecule has 0 unspecified atom stereocenters. The Morgan fingerprint density at radius 3 is 2.50 bits per heavy atom. The Morgan fingerprint density at radius 2 is 1.86 bits per heavy atom. The molecule has 4 nitrogen and oxygen atoms in total. The molecule has 0 aromatic heterocycles. The highest BCUT2D eigenvalue weighted by molar-refractivity contribution is 5.70. The van der Waals surface area contributed by atoms with Gasteiger partial charge >= 0.3 is 5.97 Å². The Labute approximate surface area is 84.8 Å². The Hall–Kier alpha value is -0.610. The van der Waals surface area contributed by atoms with Crippen LogP contribution in [0.2, 0.25) is 0 Å². The molecule has 1 spiro atoms. The highest BCUT2D eigenvalue weighted by Crippen LogP contribution is 2.32. The summed E-state index contributed by atoms with van der Waals surface area (Å²) >= 11 is 0. The van der Waals surface area contributed by atoms with Crippen molar-refractivity contribution in [2.24, 2.45) is 0 Å². The first-order valence-electron chi connectivity index (χ1n) is 5.24. The van der Waals surface area contributed by atoms with E-state index in [9.17, 15) is 4.79 Å². The van der Waals surface area contributed by atoms with Crippen LogP contribution in [-0.2, 0) is 9.53 Å². The molecule has 2 saturated heterocycles. The van der Waals surface area contributed by atoms with E-state index in [1.54, 1.807) is 0 Å². The van der Waals surface area contributed by atoms with E-state index in [-0.39, 0.29) is 11.7 Å². The smallest absolute Gasteiger partial charge is 0.308 e. The monoisotopic (exact) mass is 198 g/mol. The molecule has 2 aliphatic rings. The third-order valence-electron chi connectivity index (χ3n) is 3.42. The maximum Gasteiger partial charge on any atom is 0.308 e. The van der Waals surface area contributed by atoms with Gasteiger partial charge in [-0.2, -0.15) is 0 Å². The normalized spacial score (nSPS) is 29.1. The van der Waals surface area contributed by atoms with Gasteiger partial charge in [0.1, 0.15) is 0 Å². The van der Waals surface area contributed by atoms with Crippen LogP contribution in [0, 0.1) is 0 Å². The maximum atomic E-state index is 11.3. The Bertz CT molecular complexity index is 234. The number of ether oxygens (including phenoxy) is 1. The largest absolute Gasteiger partial charge is 0.444 e. The van der Waals surface area contributed by atoms with E-state index in [1.165, 1.54) is 0 Å². The number of rotatable bonds is 0. The van der Waals surface area contributed by atoms with Crippen molar-refractivity contribution in [1.82, 2.24) is 9.80 Å². The topological polar surface area (TPSA) is 32.8 Å². The molecule has 2 fully saturated rings. The summed E-state index contributed by atoms with van der Waals surface area (Å²) in [7, 11) is 4.16. The summed E-state index contributed by atoms with van der Waals surface area (Å²) in [5.74, 6) is -0.0346. The number of hydrogen-bond donors (Lipinski definition) is 0. The van der Waals surface area contributed by atoms with E-state index < -0.39 is 0 Å². The lowest BCUT2D eigenvalue weighted by Gasteiger charge is -2.48. The van der Waals surface area contributed by atoms with E-state index >= 15 is 0 Å². The zero-order valence-corrected chi connectivity index (χ0v) is 8.95. The molecule has 0 bridgehead atoms. The van der Waals surface area contributed by atoms with Crippen molar-refractivity contribution >= 4 is 5.97 Å². The van der Waals surface area contributed by atoms with Crippen molar-refractivity contribution < 1.29 is 9.53 Å². The van der Waals surface area contributed by atoms with Crippen molar-refractivity contribution in [2.75, 3.05) is 33.7 Å². The molecule has 0 saturated carbocycles. The number of carbonyl (C=O) groups is 1. The fourth-order valence-electron chi connectivity index (χ4n) is 2.26. The molecular formula is C10H18N2O2. The summed E-state index contributed by atoms with van der Waals surface area (Å²) in [5.41, 5.74) is -0.290. The first-order valence-corrected chi connectivity index (χ1v) is 5.24. The van der Waals surface area contributed by atoms with Crippen LogP contribution in [0.25, 0.3) is 0 Å². The van der Waals surface area contributed by atoms with Gasteiger partial charge in [-0.25, -0.2) is 0 Å². The van der Waals surface area contributed by atoms with Gasteiger partial charge in [0, 0.05) is 32.5 Å². The van der Waals surface area contributed by atoms with E-state index in [4.69, 9.17) is 4.74 Å². The highest BCUT2D eigenvalue weighted by atomic mass is 16.6. The van der Waals surface area contributed by atoms with Gasteiger partial charge < -0.3 is 9.64 Å². The van der Waals surface area contributed by atoms with Gasteiger partial charge in [-0.15, -0.1) is 0 Å². The third-order valence-corrected chi connectivity index (χ3v) is 3.42. The summed E-state index contributed by atoms with van der Waals surface area (Å²) < 4.78 is 5.54. The number of piperidine rings is 1. The second-order valence-corrected chi connectivity index (χ2v) is 4.40. The van der Waals surface area contributed by atoms with Crippen LogP contribution < -0.4 is 0 Å². The average Bonchev–Trinajstić information content (AvgIpc) is 2.17. The fraction of sp³-hybridized carbons (Fsp3) is 0.900. The van der Waals surface area contributed by atoms with Gasteiger partial charge in [0.25, 0.3) is 0 Å². The zero-order valence-electron chi connectivity index (χ0n) is 8.95. The lowest BCUT2D eigenvalue weighted by atomic mass is 9.97. The molecule has 0 atom stereocenters. The molecule has 0 N–H and O–H groups in total. The molecular weight excluding hydrogens is 180 g/mol. The minimum Gasteiger partial charge on any atom is -0.444 e. The SMILES string of the molecule is CN1CCC2(CC1)OC(=O)CCN2C. The number of nitrogens with zero attached hydrogens (tertiary/aromatic N) is 2. The third kappa shape index (κ3) is 1.64. The van der Waals surface area contributed by atoms with Crippen molar-refractivity contribution in [3.8, 4) is 0 Å². The first-order chi connectivity index (χ1) is 6.62. The second-order valence-electron chi connectivity index (χ2n) is 4.40. The maximum absolute atomic E-state index is 11.3. The van der Waals surface area contributed by atoms with Gasteiger partial charge in [-0.1, -0.05) is 0 Å². The summed E-state index contributed by atoms with van der Waals surface area (Å²) in [6.45, 7) is 2.86. The summed E-state index contributed by atoms with van der Waals surface area (Å²) in [5, 5.41) is 0. The molecule has 4 heteroatoms. The molecule has 0 radical (unpaired) electrons. The molecule has 2 heterocycles. The lowest BCUT2D eigenvalue weighted by Crippen LogP contribution is -2.59.